The Labute approximate surface area is 109 Å². The van der Waals surface area contributed by atoms with Gasteiger partial charge in [0.15, 0.2) is 0 Å². The van der Waals surface area contributed by atoms with Crippen molar-refractivity contribution in [2.75, 3.05) is 13.2 Å². The highest BCUT2D eigenvalue weighted by molar-refractivity contribution is 5.08. The van der Waals surface area contributed by atoms with Crippen molar-refractivity contribution >= 4 is 0 Å². The highest BCUT2D eigenvalue weighted by atomic mass is 16.5. The molecule has 1 saturated carbocycles. The number of hydrogen-bond donors (Lipinski definition) is 1. The fourth-order valence-electron chi connectivity index (χ4n) is 2.35. The topological polar surface area (TPSA) is 47.0 Å². The van der Waals surface area contributed by atoms with Crippen LogP contribution in [-0.2, 0) is 6.54 Å². The summed E-state index contributed by atoms with van der Waals surface area (Å²) < 4.78 is 5.76. The van der Waals surface area contributed by atoms with Crippen molar-refractivity contribution in [2.24, 2.45) is 5.92 Å². The van der Waals surface area contributed by atoms with E-state index in [1.165, 1.54) is 32.1 Å². The molecule has 0 unspecified atom stereocenters. The lowest BCUT2D eigenvalue weighted by Crippen LogP contribution is -2.17. The van der Waals surface area contributed by atoms with Crippen molar-refractivity contribution in [3.63, 3.8) is 0 Å². The molecule has 100 valence electrons. The molecule has 0 atom stereocenters. The highest BCUT2D eigenvalue weighted by Gasteiger charge is 2.14. The third kappa shape index (κ3) is 4.26. The van der Waals surface area contributed by atoms with E-state index in [-0.39, 0.29) is 0 Å². The predicted octanol–water partition coefficient (Wildman–Crippen LogP) is 2.55. The molecule has 1 aromatic rings. The van der Waals surface area contributed by atoms with Crippen LogP contribution in [0, 0.1) is 5.92 Å². The molecule has 1 fully saturated rings. The van der Waals surface area contributed by atoms with Crippen LogP contribution in [-0.4, -0.2) is 23.1 Å². The normalized spacial score (nSPS) is 16.7. The van der Waals surface area contributed by atoms with E-state index in [0.717, 1.165) is 25.4 Å². The van der Waals surface area contributed by atoms with Gasteiger partial charge in [0.1, 0.15) is 0 Å². The summed E-state index contributed by atoms with van der Waals surface area (Å²) in [4.78, 5) is 8.62. The maximum Gasteiger partial charge on any atom is 0.232 e. The van der Waals surface area contributed by atoms with Crippen LogP contribution in [0.2, 0.25) is 0 Å². The summed E-state index contributed by atoms with van der Waals surface area (Å²) in [6, 6.07) is 0. The summed E-state index contributed by atoms with van der Waals surface area (Å²) in [6.07, 6.45) is 10.2. The van der Waals surface area contributed by atoms with Gasteiger partial charge in [-0.15, -0.1) is 0 Å². The fraction of sp³-hybridized carbons (Fsp3) is 0.714. The Morgan fingerprint density at radius 2 is 2.11 bits per heavy atom. The maximum absolute atomic E-state index is 5.76. The Morgan fingerprint density at radius 3 is 2.89 bits per heavy atom. The van der Waals surface area contributed by atoms with Crippen molar-refractivity contribution < 1.29 is 4.74 Å². The molecule has 0 saturated heterocycles. The van der Waals surface area contributed by atoms with Crippen molar-refractivity contribution in [3.8, 4) is 5.88 Å². The van der Waals surface area contributed by atoms with Gasteiger partial charge in [0.2, 0.25) is 5.88 Å². The summed E-state index contributed by atoms with van der Waals surface area (Å²) in [6.45, 7) is 4.56. The van der Waals surface area contributed by atoms with E-state index >= 15 is 0 Å². The Morgan fingerprint density at radius 1 is 1.28 bits per heavy atom. The quantitative estimate of drug-likeness (QED) is 0.841. The molecule has 0 spiro atoms. The first-order valence-corrected chi connectivity index (χ1v) is 7.03. The zero-order chi connectivity index (χ0) is 12.6. The molecule has 4 heteroatoms. The van der Waals surface area contributed by atoms with Crippen LogP contribution in [0.3, 0.4) is 0 Å². The number of hydrogen-bond acceptors (Lipinski definition) is 4. The third-order valence-corrected chi connectivity index (χ3v) is 3.41. The summed E-state index contributed by atoms with van der Waals surface area (Å²) >= 11 is 0. The lowest BCUT2D eigenvalue weighted by molar-refractivity contribution is 0.202. The van der Waals surface area contributed by atoms with Crippen molar-refractivity contribution in [3.05, 3.63) is 18.1 Å². The van der Waals surface area contributed by atoms with Gasteiger partial charge in [0, 0.05) is 12.7 Å². The molecule has 0 aliphatic heterocycles. The lowest BCUT2D eigenvalue weighted by Gasteiger charge is -2.21. The summed E-state index contributed by atoms with van der Waals surface area (Å²) in [5.41, 5.74) is 0.943. The second-order valence-corrected chi connectivity index (χ2v) is 4.94. The molecule has 0 radical (unpaired) electrons. The minimum absolute atomic E-state index is 0.663. The molecule has 0 aromatic carbocycles. The van der Waals surface area contributed by atoms with E-state index in [9.17, 15) is 0 Å². The summed E-state index contributed by atoms with van der Waals surface area (Å²) in [5, 5.41) is 3.24. The van der Waals surface area contributed by atoms with Crippen LogP contribution >= 0.6 is 0 Å². The molecule has 2 rings (SSSR count). The van der Waals surface area contributed by atoms with Crippen molar-refractivity contribution in [1.29, 1.82) is 0 Å². The van der Waals surface area contributed by atoms with Crippen LogP contribution in [0.4, 0.5) is 0 Å². The average Bonchev–Trinajstić information content (AvgIpc) is 2.44. The zero-order valence-electron chi connectivity index (χ0n) is 11.2. The summed E-state index contributed by atoms with van der Waals surface area (Å²) in [5.74, 6) is 1.37. The Balaban J connectivity index is 1.80. The molecule has 4 nitrogen and oxygen atoms in total. The van der Waals surface area contributed by atoms with Gasteiger partial charge in [-0.3, -0.25) is 4.98 Å². The molecule has 1 aliphatic rings. The van der Waals surface area contributed by atoms with Crippen LogP contribution in [0.5, 0.6) is 5.88 Å². The van der Waals surface area contributed by atoms with Gasteiger partial charge in [-0.1, -0.05) is 26.2 Å². The zero-order valence-corrected chi connectivity index (χ0v) is 11.2. The highest BCUT2D eigenvalue weighted by Crippen LogP contribution is 2.24. The van der Waals surface area contributed by atoms with Crippen LogP contribution < -0.4 is 10.1 Å². The second-order valence-electron chi connectivity index (χ2n) is 4.94. The second kappa shape index (κ2) is 7.31. The largest absolute Gasteiger partial charge is 0.476 e. The molecule has 1 aliphatic carbocycles. The molecule has 1 heterocycles. The number of nitrogens with one attached hydrogen (secondary N) is 1. The standard InChI is InChI=1S/C14H23N3O/c1-2-15-8-13-9-16-10-14(17-13)18-11-12-6-4-3-5-7-12/h9-10,12,15H,2-8,11H2,1H3. The van der Waals surface area contributed by atoms with Crippen LogP contribution in [0.15, 0.2) is 12.4 Å². The molecule has 1 aromatic heterocycles. The van der Waals surface area contributed by atoms with E-state index < -0.39 is 0 Å². The molecule has 1 N–H and O–H groups in total. The molecule has 0 bridgehead atoms. The van der Waals surface area contributed by atoms with Gasteiger partial charge < -0.3 is 10.1 Å². The molecule has 18 heavy (non-hydrogen) atoms. The van der Waals surface area contributed by atoms with Gasteiger partial charge in [-0.25, -0.2) is 4.98 Å². The van der Waals surface area contributed by atoms with E-state index in [4.69, 9.17) is 4.74 Å². The van der Waals surface area contributed by atoms with Gasteiger partial charge in [0.25, 0.3) is 0 Å². The predicted molar refractivity (Wildman–Crippen MR) is 71.5 cm³/mol. The van der Waals surface area contributed by atoms with E-state index in [1.807, 2.05) is 0 Å². The number of ether oxygens (including phenoxy) is 1. The maximum atomic E-state index is 5.76. The van der Waals surface area contributed by atoms with Crippen LogP contribution in [0.25, 0.3) is 0 Å². The van der Waals surface area contributed by atoms with Gasteiger partial charge >= 0.3 is 0 Å². The lowest BCUT2D eigenvalue weighted by atomic mass is 9.90. The fourth-order valence-corrected chi connectivity index (χ4v) is 2.35. The van der Waals surface area contributed by atoms with E-state index in [1.54, 1.807) is 12.4 Å². The Kier molecular flexibility index (Phi) is 5.39. The first-order valence-electron chi connectivity index (χ1n) is 7.03. The smallest absolute Gasteiger partial charge is 0.232 e. The van der Waals surface area contributed by atoms with Crippen molar-refractivity contribution in [2.45, 2.75) is 45.6 Å². The van der Waals surface area contributed by atoms with Crippen molar-refractivity contribution in [1.82, 2.24) is 15.3 Å². The Hall–Kier alpha value is -1.16. The minimum atomic E-state index is 0.663. The monoisotopic (exact) mass is 249 g/mol. The molecular formula is C14H23N3O. The van der Waals surface area contributed by atoms with E-state index in [0.29, 0.717) is 11.8 Å². The van der Waals surface area contributed by atoms with Gasteiger partial charge in [0.05, 0.1) is 18.5 Å². The number of nitrogens with zero attached hydrogens (tertiary/aromatic N) is 2. The third-order valence-electron chi connectivity index (χ3n) is 3.41. The first kappa shape index (κ1) is 13.3. The first-order chi connectivity index (χ1) is 8.88. The number of rotatable bonds is 6. The average molecular weight is 249 g/mol. The minimum Gasteiger partial charge on any atom is -0.476 e. The summed E-state index contributed by atoms with van der Waals surface area (Å²) in [7, 11) is 0. The Bertz CT molecular complexity index is 351. The van der Waals surface area contributed by atoms with Gasteiger partial charge in [-0.2, -0.15) is 0 Å². The number of aromatic nitrogens is 2. The van der Waals surface area contributed by atoms with Gasteiger partial charge in [-0.05, 0) is 25.3 Å². The SMILES string of the molecule is CCNCc1cncc(OCC2CCCCC2)n1. The molecular weight excluding hydrogens is 226 g/mol. The van der Waals surface area contributed by atoms with Crippen LogP contribution in [0.1, 0.15) is 44.7 Å². The van der Waals surface area contributed by atoms with E-state index in [2.05, 4.69) is 22.2 Å². The molecule has 0 amide bonds.